The van der Waals surface area contributed by atoms with Crippen molar-refractivity contribution in [2.24, 2.45) is 11.7 Å². The van der Waals surface area contributed by atoms with E-state index in [2.05, 4.69) is 6.92 Å². The zero-order chi connectivity index (χ0) is 16.4. The van der Waals surface area contributed by atoms with E-state index in [9.17, 15) is 4.79 Å². The highest BCUT2D eigenvalue weighted by Gasteiger charge is 2.32. The topological polar surface area (TPSA) is 74.0 Å². The first-order valence-corrected chi connectivity index (χ1v) is 8.14. The van der Waals surface area contributed by atoms with Crippen molar-refractivity contribution in [1.82, 2.24) is 4.90 Å². The molecule has 1 amide bonds. The molecule has 126 valence electrons. The number of fused-ring (bicyclic) bond motifs is 1. The molecular weight excluding hydrogens is 296 g/mol. The van der Waals surface area contributed by atoms with Gasteiger partial charge in [-0.05, 0) is 30.9 Å². The summed E-state index contributed by atoms with van der Waals surface area (Å²) in [5.41, 5.74) is 6.46. The van der Waals surface area contributed by atoms with Crippen molar-refractivity contribution in [1.29, 1.82) is 0 Å². The lowest BCUT2D eigenvalue weighted by Gasteiger charge is -2.39. The number of carbonyl (C=O) groups excluding carboxylic acids is 1. The molecule has 6 nitrogen and oxygen atoms in total. The summed E-state index contributed by atoms with van der Waals surface area (Å²) in [5, 5.41) is 0. The largest absolute Gasteiger partial charge is 0.493 e. The second-order valence-corrected chi connectivity index (χ2v) is 6.12. The molecule has 0 bridgehead atoms. The Morgan fingerprint density at radius 3 is 2.91 bits per heavy atom. The summed E-state index contributed by atoms with van der Waals surface area (Å²) in [5.74, 6) is 2.05. The highest BCUT2D eigenvalue weighted by Crippen LogP contribution is 2.41. The van der Waals surface area contributed by atoms with Gasteiger partial charge in [0.2, 0.25) is 5.75 Å². The molecule has 2 aliphatic rings. The van der Waals surface area contributed by atoms with Crippen molar-refractivity contribution >= 4 is 5.91 Å². The van der Waals surface area contributed by atoms with Crippen LogP contribution < -0.4 is 19.9 Å². The third-order valence-corrected chi connectivity index (χ3v) is 4.69. The van der Waals surface area contributed by atoms with Crippen molar-refractivity contribution in [2.75, 3.05) is 33.4 Å². The smallest absolute Gasteiger partial charge is 0.254 e. The van der Waals surface area contributed by atoms with Crippen LogP contribution in [0, 0.1) is 5.92 Å². The average molecular weight is 320 g/mol. The lowest BCUT2D eigenvalue weighted by atomic mass is 9.90. The van der Waals surface area contributed by atoms with E-state index < -0.39 is 0 Å². The molecule has 1 saturated heterocycles. The van der Waals surface area contributed by atoms with Gasteiger partial charge in [-0.25, -0.2) is 0 Å². The summed E-state index contributed by atoms with van der Waals surface area (Å²) < 4.78 is 16.6. The molecule has 0 aromatic heterocycles. The minimum atomic E-state index is -0.0257. The molecule has 23 heavy (non-hydrogen) atoms. The average Bonchev–Trinajstić information content (AvgIpc) is 2.59. The van der Waals surface area contributed by atoms with Gasteiger partial charge in [0, 0.05) is 24.7 Å². The van der Waals surface area contributed by atoms with E-state index in [0.29, 0.717) is 48.5 Å². The van der Waals surface area contributed by atoms with Crippen molar-refractivity contribution in [2.45, 2.75) is 25.8 Å². The zero-order valence-electron chi connectivity index (χ0n) is 13.7. The van der Waals surface area contributed by atoms with Gasteiger partial charge in [0.15, 0.2) is 11.5 Å². The number of methoxy groups -OCH3 is 1. The van der Waals surface area contributed by atoms with Gasteiger partial charge in [-0.3, -0.25) is 4.79 Å². The first kappa shape index (κ1) is 15.9. The maximum absolute atomic E-state index is 13.0. The molecule has 0 spiro atoms. The molecule has 6 heteroatoms. The number of likely N-dealkylation sites (tertiary alicyclic amines) is 1. The van der Waals surface area contributed by atoms with Crippen LogP contribution in [-0.4, -0.2) is 50.3 Å². The first-order valence-electron chi connectivity index (χ1n) is 8.14. The Balaban J connectivity index is 1.92. The van der Waals surface area contributed by atoms with Gasteiger partial charge in [-0.15, -0.1) is 0 Å². The van der Waals surface area contributed by atoms with E-state index >= 15 is 0 Å². The van der Waals surface area contributed by atoms with Gasteiger partial charge in [-0.2, -0.15) is 0 Å². The quantitative estimate of drug-likeness (QED) is 0.917. The summed E-state index contributed by atoms with van der Waals surface area (Å²) in [6.45, 7) is 4.33. The standard InChI is InChI=1S/C17H24N2O4/c1-11-4-3-5-19(13(11)10-18)17(20)12-8-14(21-2)16-15(9-12)22-6-7-23-16/h8-9,11,13H,3-7,10,18H2,1-2H3. The Morgan fingerprint density at radius 2 is 2.17 bits per heavy atom. The lowest BCUT2D eigenvalue weighted by Crippen LogP contribution is -2.51. The van der Waals surface area contributed by atoms with Gasteiger partial charge in [-0.1, -0.05) is 6.92 Å². The van der Waals surface area contributed by atoms with Crippen LogP contribution in [0.4, 0.5) is 0 Å². The summed E-state index contributed by atoms with van der Waals surface area (Å²) in [6.07, 6.45) is 2.11. The molecule has 3 rings (SSSR count). The number of carbonyl (C=O) groups is 1. The molecule has 2 atom stereocenters. The number of ether oxygens (including phenoxy) is 3. The fourth-order valence-corrected chi connectivity index (χ4v) is 3.42. The first-order chi connectivity index (χ1) is 11.2. The van der Waals surface area contributed by atoms with Gasteiger partial charge in [0.1, 0.15) is 13.2 Å². The third-order valence-electron chi connectivity index (χ3n) is 4.69. The van der Waals surface area contributed by atoms with E-state index in [1.165, 1.54) is 0 Å². The Morgan fingerprint density at radius 1 is 1.39 bits per heavy atom. The molecule has 1 aromatic rings. The molecule has 0 radical (unpaired) electrons. The SMILES string of the molecule is COc1cc(C(=O)N2CCCC(C)C2CN)cc2c1OCCO2. The maximum atomic E-state index is 13.0. The molecule has 2 heterocycles. The Kier molecular flexibility index (Phi) is 4.61. The third kappa shape index (κ3) is 2.95. The molecule has 0 saturated carbocycles. The van der Waals surface area contributed by atoms with Gasteiger partial charge in [0.25, 0.3) is 5.91 Å². The Bertz CT molecular complexity index is 573. The summed E-state index contributed by atoms with van der Waals surface area (Å²) >= 11 is 0. The second-order valence-electron chi connectivity index (χ2n) is 6.12. The molecule has 0 aliphatic carbocycles. The van der Waals surface area contributed by atoms with E-state index in [0.717, 1.165) is 19.4 Å². The van der Waals surface area contributed by atoms with Gasteiger partial charge < -0.3 is 24.8 Å². The van der Waals surface area contributed by atoms with Crippen LogP contribution in [0.2, 0.25) is 0 Å². The van der Waals surface area contributed by atoms with Crippen molar-refractivity contribution < 1.29 is 19.0 Å². The molecule has 2 N–H and O–H groups in total. The van der Waals surface area contributed by atoms with Gasteiger partial charge >= 0.3 is 0 Å². The maximum Gasteiger partial charge on any atom is 0.254 e. The van der Waals surface area contributed by atoms with Crippen molar-refractivity contribution in [3.05, 3.63) is 17.7 Å². The number of rotatable bonds is 3. The normalized spacial score (nSPS) is 23.5. The molecule has 1 fully saturated rings. The summed E-state index contributed by atoms with van der Waals surface area (Å²) in [6, 6.07) is 3.55. The van der Waals surface area contributed by atoms with Crippen LogP contribution >= 0.6 is 0 Å². The highest BCUT2D eigenvalue weighted by molar-refractivity contribution is 5.96. The predicted molar refractivity (Wildman–Crippen MR) is 86.3 cm³/mol. The van der Waals surface area contributed by atoms with Crippen LogP contribution in [-0.2, 0) is 0 Å². The number of amides is 1. The number of nitrogens with zero attached hydrogens (tertiary/aromatic N) is 1. The van der Waals surface area contributed by atoms with Crippen LogP contribution in [0.15, 0.2) is 12.1 Å². The molecule has 2 aliphatic heterocycles. The molecule has 2 unspecified atom stereocenters. The highest BCUT2D eigenvalue weighted by atomic mass is 16.6. The molecule has 1 aromatic carbocycles. The van der Waals surface area contributed by atoms with Crippen molar-refractivity contribution in [3.8, 4) is 17.2 Å². The van der Waals surface area contributed by atoms with Crippen LogP contribution in [0.1, 0.15) is 30.1 Å². The zero-order valence-corrected chi connectivity index (χ0v) is 13.7. The predicted octanol–water partition coefficient (Wildman–Crippen LogP) is 1.67. The number of hydrogen-bond donors (Lipinski definition) is 1. The molecular formula is C17H24N2O4. The number of hydrogen-bond acceptors (Lipinski definition) is 5. The Hall–Kier alpha value is -1.95. The van der Waals surface area contributed by atoms with E-state index in [1.807, 2.05) is 4.90 Å². The summed E-state index contributed by atoms with van der Waals surface area (Å²) in [7, 11) is 1.56. The van der Waals surface area contributed by atoms with Crippen LogP contribution in [0.3, 0.4) is 0 Å². The number of piperidine rings is 1. The van der Waals surface area contributed by atoms with Crippen molar-refractivity contribution in [3.63, 3.8) is 0 Å². The fraction of sp³-hybridized carbons (Fsp3) is 0.588. The minimum Gasteiger partial charge on any atom is -0.493 e. The second kappa shape index (κ2) is 6.66. The van der Waals surface area contributed by atoms with Gasteiger partial charge in [0.05, 0.1) is 7.11 Å². The number of benzene rings is 1. The monoisotopic (exact) mass is 320 g/mol. The lowest BCUT2D eigenvalue weighted by molar-refractivity contribution is 0.0531. The van der Waals surface area contributed by atoms with E-state index in [4.69, 9.17) is 19.9 Å². The van der Waals surface area contributed by atoms with E-state index in [1.54, 1.807) is 19.2 Å². The van der Waals surface area contributed by atoms with Crippen LogP contribution in [0.25, 0.3) is 0 Å². The minimum absolute atomic E-state index is 0.0257. The Labute approximate surface area is 136 Å². The fourth-order valence-electron chi connectivity index (χ4n) is 3.42. The summed E-state index contributed by atoms with van der Waals surface area (Å²) in [4.78, 5) is 14.9. The van der Waals surface area contributed by atoms with Crippen LogP contribution in [0.5, 0.6) is 17.2 Å². The van der Waals surface area contributed by atoms with E-state index in [-0.39, 0.29) is 11.9 Å². The number of nitrogens with two attached hydrogens (primary N) is 1.